The van der Waals surface area contributed by atoms with E-state index in [1.807, 2.05) is 29.2 Å². The molecule has 0 spiro atoms. The van der Waals surface area contributed by atoms with Crippen molar-refractivity contribution in [2.75, 3.05) is 26.2 Å². The van der Waals surface area contributed by atoms with Crippen LogP contribution in [0.15, 0.2) is 47.1 Å². The van der Waals surface area contributed by atoms with Gasteiger partial charge in [0.1, 0.15) is 0 Å². The molecule has 0 atom stereocenters. The largest absolute Gasteiger partial charge is 0.483 e. The predicted octanol–water partition coefficient (Wildman–Crippen LogP) is 2.20. The number of carbonyl (C=O) groups excluding carboxylic acids is 1. The Morgan fingerprint density at radius 1 is 1.23 bits per heavy atom. The fraction of sp³-hybridized carbons (Fsp3) is 0.316. The number of carboxylic acid groups (broad SMARTS) is 1. The van der Waals surface area contributed by atoms with Gasteiger partial charge >= 0.3 is 0 Å². The molecule has 1 N–H and O–H groups in total. The lowest BCUT2D eigenvalue weighted by molar-refractivity contribution is -0.122. The van der Waals surface area contributed by atoms with Crippen LogP contribution < -0.4 is 0 Å². The number of nitrogens with zero attached hydrogens (tertiary/aromatic N) is 3. The Morgan fingerprint density at radius 2 is 2.04 bits per heavy atom. The summed E-state index contributed by atoms with van der Waals surface area (Å²) in [5.41, 5.74) is 1.82. The van der Waals surface area contributed by atoms with Crippen molar-refractivity contribution in [1.29, 1.82) is 5.26 Å². The van der Waals surface area contributed by atoms with Gasteiger partial charge in [0.05, 0.1) is 17.9 Å². The summed E-state index contributed by atoms with van der Waals surface area (Å²) in [6.07, 6.45) is 2.46. The van der Waals surface area contributed by atoms with Crippen molar-refractivity contribution in [3.8, 4) is 6.07 Å². The molecule has 0 aliphatic carbocycles. The van der Waals surface area contributed by atoms with Crippen molar-refractivity contribution in [2.45, 2.75) is 13.0 Å². The van der Waals surface area contributed by atoms with Gasteiger partial charge in [-0.05, 0) is 36.2 Å². The molecule has 0 saturated carbocycles. The highest BCUT2D eigenvalue weighted by Gasteiger charge is 2.21. The standard InChI is InChI=1S/C18H19N3O2.CH2O2/c19-13-15-4-1-5-16(12-15)14-20-7-3-8-21(10-9-20)18(22)17-6-2-11-23-17;2-1-3/h1-2,4-6,11-12H,3,7-10,14H2;1H,(H,2,3). The number of hydrogen-bond acceptors (Lipinski definition) is 5. The molecule has 1 fully saturated rings. The molecule has 1 aromatic heterocycles. The Labute approximate surface area is 152 Å². The van der Waals surface area contributed by atoms with E-state index in [4.69, 9.17) is 19.6 Å². The fourth-order valence-electron chi connectivity index (χ4n) is 2.89. The molecule has 136 valence electrons. The van der Waals surface area contributed by atoms with Gasteiger partial charge in [-0.2, -0.15) is 5.26 Å². The van der Waals surface area contributed by atoms with Crippen LogP contribution in [0.4, 0.5) is 0 Å². The molecule has 0 radical (unpaired) electrons. The van der Waals surface area contributed by atoms with E-state index >= 15 is 0 Å². The van der Waals surface area contributed by atoms with Gasteiger partial charge in [0.2, 0.25) is 0 Å². The van der Waals surface area contributed by atoms with E-state index in [-0.39, 0.29) is 12.4 Å². The number of carbonyl (C=O) groups is 2. The highest BCUT2D eigenvalue weighted by atomic mass is 16.3. The molecule has 7 nitrogen and oxygen atoms in total. The molecule has 7 heteroatoms. The number of benzene rings is 1. The van der Waals surface area contributed by atoms with Gasteiger partial charge in [-0.15, -0.1) is 0 Å². The first-order valence-electron chi connectivity index (χ1n) is 8.30. The van der Waals surface area contributed by atoms with Crippen molar-refractivity contribution in [3.05, 3.63) is 59.5 Å². The maximum atomic E-state index is 12.3. The quantitative estimate of drug-likeness (QED) is 0.848. The maximum Gasteiger partial charge on any atom is 0.290 e. The van der Waals surface area contributed by atoms with Gasteiger partial charge in [-0.1, -0.05) is 12.1 Å². The zero-order valence-electron chi connectivity index (χ0n) is 14.4. The molecular weight excluding hydrogens is 334 g/mol. The molecule has 0 unspecified atom stereocenters. The van der Waals surface area contributed by atoms with Crippen molar-refractivity contribution in [2.24, 2.45) is 0 Å². The lowest BCUT2D eigenvalue weighted by Gasteiger charge is -2.21. The molecule has 26 heavy (non-hydrogen) atoms. The SMILES string of the molecule is N#Cc1cccc(CN2CCCN(C(=O)c3ccco3)CC2)c1.O=CO. The molecule has 0 bridgehead atoms. The van der Waals surface area contributed by atoms with E-state index in [1.165, 1.54) is 6.26 Å². The number of rotatable bonds is 3. The number of furan rings is 1. The van der Waals surface area contributed by atoms with E-state index in [9.17, 15) is 4.79 Å². The van der Waals surface area contributed by atoms with Crippen LogP contribution in [0.1, 0.15) is 28.1 Å². The van der Waals surface area contributed by atoms with Crippen molar-refractivity contribution in [1.82, 2.24) is 9.80 Å². The maximum absolute atomic E-state index is 12.3. The van der Waals surface area contributed by atoms with Gasteiger partial charge in [0, 0.05) is 32.7 Å². The highest BCUT2D eigenvalue weighted by Crippen LogP contribution is 2.13. The predicted molar refractivity (Wildman–Crippen MR) is 94.4 cm³/mol. The summed E-state index contributed by atoms with van der Waals surface area (Å²) in [5, 5.41) is 15.9. The molecule has 1 amide bonds. The summed E-state index contributed by atoms with van der Waals surface area (Å²) in [5.74, 6) is 0.364. The first kappa shape index (κ1) is 19.2. The molecule has 2 heterocycles. The Kier molecular flexibility index (Phi) is 7.40. The smallest absolute Gasteiger partial charge is 0.290 e. The van der Waals surface area contributed by atoms with Gasteiger partial charge in [0.25, 0.3) is 12.4 Å². The second-order valence-electron chi connectivity index (χ2n) is 5.82. The average Bonchev–Trinajstić information content (AvgIpc) is 3.09. The number of amides is 1. The first-order valence-corrected chi connectivity index (χ1v) is 8.30. The van der Waals surface area contributed by atoms with Gasteiger partial charge in [-0.3, -0.25) is 14.5 Å². The Hall–Kier alpha value is -3.11. The van der Waals surface area contributed by atoms with E-state index in [2.05, 4.69) is 11.0 Å². The van der Waals surface area contributed by atoms with Crippen LogP contribution >= 0.6 is 0 Å². The molecule has 2 aromatic rings. The topological polar surface area (TPSA) is 97.8 Å². The zero-order valence-corrected chi connectivity index (χ0v) is 14.4. The van der Waals surface area contributed by atoms with Gasteiger partial charge in [0.15, 0.2) is 5.76 Å². The van der Waals surface area contributed by atoms with Crippen LogP contribution in [0.25, 0.3) is 0 Å². The minimum Gasteiger partial charge on any atom is -0.483 e. The van der Waals surface area contributed by atoms with Crippen molar-refractivity contribution >= 4 is 12.4 Å². The first-order chi connectivity index (χ1) is 12.7. The van der Waals surface area contributed by atoms with Crippen molar-refractivity contribution < 1.29 is 19.1 Å². The third-order valence-electron chi connectivity index (χ3n) is 4.07. The Bertz CT molecular complexity index is 752. The second kappa shape index (κ2) is 10.0. The molecule has 1 aliphatic heterocycles. The summed E-state index contributed by atoms with van der Waals surface area (Å²) in [4.78, 5) is 24.9. The summed E-state index contributed by atoms with van der Waals surface area (Å²) < 4.78 is 5.20. The Morgan fingerprint density at radius 3 is 2.73 bits per heavy atom. The highest BCUT2D eigenvalue weighted by molar-refractivity contribution is 5.91. The Balaban J connectivity index is 0.000000758. The van der Waals surface area contributed by atoms with Crippen LogP contribution in [-0.2, 0) is 11.3 Å². The van der Waals surface area contributed by atoms with Crippen LogP contribution in [0.2, 0.25) is 0 Å². The molecule has 3 rings (SSSR count). The molecule has 1 aromatic carbocycles. The summed E-state index contributed by atoms with van der Waals surface area (Å²) >= 11 is 0. The minimum absolute atomic E-state index is 0.0386. The third kappa shape index (κ3) is 5.46. The fourth-order valence-corrected chi connectivity index (χ4v) is 2.89. The van der Waals surface area contributed by atoms with E-state index in [0.29, 0.717) is 17.9 Å². The minimum atomic E-state index is -0.250. The van der Waals surface area contributed by atoms with Crippen molar-refractivity contribution in [3.63, 3.8) is 0 Å². The molecular formula is C19H21N3O4. The number of hydrogen-bond donors (Lipinski definition) is 1. The summed E-state index contributed by atoms with van der Waals surface area (Å²) in [6, 6.07) is 13.3. The molecule has 1 saturated heterocycles. The monoisotopic (exact) mass is 355 g/mol. The lowest BCUT2D eigenvalue weighted by Crippen LogP contribution is -2.34. The second-order valence-corrected chi connectivity index (χ2v) is 5.82. The van der Waals surface area contributed by atoms with Gasteiger partial charge in [-0.25, -0.2) is 0 Å². The molecule has 1 aliphatic rings. The average molecular weight is 355 g/mol. The third-order valence-corrected chi connectivity index (χ3v) is 4.07. The summed E-state index contributed by atoms with van der Waals surface area (Å²) in [7, 11) is 0. The van der Waals surface area contributed by atoms with Crippen LogP contribution in [0, 0.1) is 11.3 Å². The summed E-state index contributed by atoms with van der Waals surface area (Å²) in [6.45, 7) is 3.76. The van der Waals surface area contributed by atoms with Crippen LogP contribution in [0.5, 0.6) is 0 Å². The van der Waals surface area contributed by atoms with E-state index in [1.54, 1.807) is 12.1 Å². The van der Waals surface area contributed by atoms with Gasteiger partial charge < -0.3 is 14.4 Å². The normalized spacial score (nSPS) is 14.5. The lowest BCUT2D eigenvalue weighted by atomic mass is 10.1. The van der Waals surface area contributed by atoms with E-state index < -0.39 is 0 Å². The van der Waals surface area contributed by atoms with Crippen LogP contribution in [0.3, 0.4) is 0 Å². The van der Waals surface area contributed by atoms with E-state index in [0.717, 1.165) is 38.2 Å². The zero-order chi connectivity index (χ0) is 18.8. The van der Waals surface area contributed by atoms with Crippen LogP contribution in [-0.4, -0.2) is 53.5 Å². The number of nitriles is 1.